The van der Waals surface area contributed by atoms with Gasteiger partial charge in [-0.05, 0) is 19.4 Å². The molecule has 0 aliphatic heterocycles. The van der Waals surface area contributed by atoms with E-state index in [9.17, 15) is 5.11 Å². The predicted octanol–water partition coefficient (Wildman–Crippen LogP) is 2.29. The summed E-state index contributed by atoms with van der Waals surface area (Å²) >= 11 is 0. The lowest BCUT2D eigenvalue weighted by Gasteiger charge is -2.27. The number of aliphatic hydroxyl groups is 1. The zero-order chi connectivity index (χ0) is 14.4. The Bertz CT molecular complexity index is 509. The Morgan fingerprint density at radius 3 is 2.65 bits per heavy atom. The molecular formula is C16H23N3O. The van der Waals surface area contributed by atoms with Gasteiger partial charge in [0.15, 0.2) is 0 Å². The lowest BCUT2D eigenvalue weighted by atomic mass is 10.2. The van der Waals surface area contributed by atoms with Crippen molar-refractivity contribution in [2.45, 2.75) is 39.5 Å². The molecule has 0 fully saturated rings. The van der Waals surface area contributed by atoms with Gasteiger partial charge < -0.3 is 9.67 Å². The number of aliphatic hydroxyl groups excluding tert-OH is 1. The van der Waals surface area contributed by atoms with Crippen LogP contribution in [0.3, 0.4) is 0 Å². The Kier molecular flexibility index (Phi) is 5.32. The summed E-state index contributed by atoms with van der Waals surface area (Å²) in [6.07, 6.45) is 3.84. The van der Waals surface area contributed by atoms with Crippen LogP contribution in [0.25, 0.3) is 0 Å². The molecule has 1 N–H and O–H groups in total. The highest BCUT2D eigenvalue weighted by molar-refractivity contribution is 5.14. The number of imidazole rings is 1. The van der Waals surface area contributed by atoms with E-state index in [1.54, 1.807) is 0 Å². The molecule has 1 aromatic heterocycles. The number of hydrogen-bond acceptors (Lipinski definition) is 3. The van der Waals surface area contributed by atoms with Crippen molar-refractivity contribution in [3.63, 3.8) is 0 Å². The molecule has 1 aromatic carbocycles. The molecule has 0 unspecified atom stereocenters. The van der Waals surface area contributed by atoms with E-state index >= 15 is 0 Å². The minimum absolute atomic E-state index is 0.109. The molecule has 0 bridgehead atoms. The van der Waals surface area contributed by atoms with Gasteiger partial charge in [-0.2, -0.15) is 0 Å². The van der Waals surface area contributed by atoms with Gasteiger partial charge in [0.05, 0.1) is 13.2 Å². The highest BCUT2D eigenvalue weighted by Crippen LogP contribution is 2.12. The van der Waals surface area contributed by atoms with Gasteiger partial charge in [-0.25, -0.2) is 4.98 Å². The van der Waals surface area contributed by atoms with Gasteiger partial charge in [-0.15, -0.1) is 0 Å². The third kappa shape index (κ3) is 3.68. The summed E-state index contributed by atoms with van der Waals surface area (Å²) < 4.78 is 2.14. The van der Waals surface area contributed by atoms with Crippen LogP contribution in [0.2, 0.25) is 0 Å². The summed E-state index contributed by atoms with van der Waals surface area (Å²) in [7, 11) is 0. The van der Waals surface area contributed by atoms with Gasteiger partial charge in [0.1, 0.15) is 5.82 Å². The Balaban J connectivity index is 2.12. The molecule has 0 aliphatic carbocycles. The van der Waals surface area contributed by atoms with E-state index in [1.165, 1.54) is 5.56 Å². The summed E-state index contributed by atoms with van der Waals surface area (Å²) in [6, 6.07) is 10.4. The molecule has 0 saturated carbocycles. The molecule has 0 saturated heterocycles. The number of benzene rings is 1. The maximum absolute atomic E-state index is 9.47. The maximum Gasteiger partial charge on any atom is 0.122 e. The Hall–Kier alpha value is -1.65. The van der Waals surface area contributed by atoms with Crippen LogP contribution >= 0.6 is 0 Å². The fourth-order valence-corrected chi connectivity index (χ4v) is 2.26. The van der Waals surface area contributed by atoms with Crippen LogP contribution in [0.15, 0.2) is 42.7 Å². The smallest absolute Gasteiger partial charge is 0.122 e. The van der Waals surface area contributed by atoms with E-state index in [0.717, 1.165) is 25.5 Å². The van der Waals surface area contributed by atoms with Gasteiger partial charge >= 0.3 is 0 Å². The third-order valence-electron chi connectivity index (χ3n) is 3.60. The van der Waals surface area contributed by atoms with Crippen molar-refractivity contribution in [3.8, 4) is 0 Å². The Labute approximate surface area is 120 Å². The first-order valence-electron chi connectivity index (χ1n) is 7.13. The van der Waals surface area contributed by atoms with Gasteiger partial charge in [0, 0.05) is 31.5 Å². The number of rotatable bonds is 7. The molecule has 20 heavy (non-hydrogen) atoms. The van der Waals surface area contributed by atoms with E-state index in [0.29, 0.717) is 0 Å². The summed E-state index contributed by atoms with van der Waals surface area (Å²) in [5.41, 5.74) is 1.25. The Morgan fingerprint density at radius 2 is 2.00 bits per heavy atom. The molecule has 2 rings (SSSR count). The van der Waals surface area contributed by atoms with Crippen molar-refractivity contribution in [1.29, 1.82) is 0 Å². The predicted molar refractivity (Wildman–Crippen MR) is 80.1 cm³/mol. The minimum Gasteiger partial charge on any atom is -0.395 e. The van der Waals surface area contributed by atoms with Gasteiger partial charge in [-0.1, -0.05) is 30.3 Å². The van der Waals surface area contributed by atoms with Crippen molar-refractivity contribution < 1.29 is 5.11 Å². The molecular weight excluding hydrogens is 250 g/mol. The average Bonchev–Trinajstić information content (AvgIpc) is 2.94. The molecule has 4 heteroatoms. The average molecular weight is 273 g/mol. The highest BCUT2D eigenvalue weighted by atomic mass is 16.3. The molecule has 0 amide bonds. The van der Waals surface area contributed by atoms with Crippen molar-refractivity contribution in [3.05, 3.63) is 54.1 Å². The second-order valence-electron chi connectivity index (χ2n) is 5.05. The van der Waals surface area contributed by atoms with Crippen LogP contribution in [0.1, 0.15) is 25.2 Å². The minimum atomic E-state index is 0.109. The number of hydrogen-bond donors (Lipinski definition) is 1. The van der Waals surface area contributed by atoms with E-state index in [2.05, 4.69) is 33.5 Å². The summed E-state index contributed by atoms with van der Waals surface area (Å²) in [4.78, 5) is 6.68. The monoisotopic (exact) mass is 273 g/mol. The fraction of sp³-hybridized carbons (Fsp3) is 0.438. The van der Waals surface area contributed by atoms with Gasteiger partial charge in [0.25, 0.3) is 0 Å². The molecule has 1 heterocycles. The van der Waals surface area contributed by atoms with E-state index in [-0.39, 0.29) is 12.6 Å². The largest absolute Gasteiger partial charge is 0.395 e. The second kappa shape index (κ2) is 7.22. The standard InChI is InChI=1S/C16H23N3O/c1-3-18-10-9-17-16(18)12-19(14(2)13-20)11-15-7-5-4-6-8-15/h4-10,14,20H,3,11-13H2,1-2H3/t14-/m1/s1. The van der Waals surface area contributed by atoms with Gasteiger partial charge in [0.2, 0.25) is 0 Å². The highest BCUT2D eigenvalue weighted by Gasteiger charge is 2.16. The Morgan fingerprint density at radius 1 is 1.25 bits per heavy atom. The fourth-order valence-electron chi connectivity index (χ4n) is 2.26. The summed E-state index contributed by atoms with van der Waals surface area (Å²) in [5.74, 6) is 1.05. The van der Waals surface area contributed by atoms with E-state index in [4.69, 9.17) is 0 Å². The third-order valence-corrected chi connectivity index (χ3v) is 3.60. The first kappa shape index (κ1) is 14.8. The van der Waals surface area contributed by atoms with E-state index in [1.807, 2.05) is 37.5 Å². The molecule has 108 valence electrons. The van der Waals surface area contributed by atoms with Crippen molar-refractivity contribution >= 4 is 0 Å². The van der Waals surface area contributed by atoms with Crippen LogP contribution < -0.4 is 0 Å². The van der Waals surface area contributed by atoms with Crippen LogP contribution in [0, 0.1) is 0 Å². The van der Waals surface area contributed by atoms with E-state index < -0.39 is 0 Å². The van der Waals surface area contributed by atoms with Crippen molar-refractivity contribution in [1.82, 2.24) is 14.5 Å². The zero-order valence-corrected chi connectivity index (χ0v) is 12.2. The second-order valence-corrected chi connectivity index (χ2v) is 5.05. The van der Waals surface area contributed by atoms with Crippen LogP contribution in [-0.2, 0) is 19.6 Å². The number of nitrogens with zero attached hydrogens (tertiary/aromatic N) is 3. The first-order valence-corrected chi connectivity index (χ1v) is 7.13. The lowest BCUT2D eigenvalue weighted by molar-refractivity contribution is 0.118. The molecule has 0 radical (unpaired) electrons. The molecule has 0 aliphatic rings. The van der Waals surface area contributed by atoms with Crippen molar-refractivity contribution in [2.24, 2.45) is 0 Å². The zero-order valence-electron chi connectivity index (χ0n) is 12.2. The van der Waals surface area contributed by atoms with Crippen LogP contribution in [-0.4, -0.2) is 32.2 Å². The van der Waals surface area contributed by atoms with Crippen LogP contribution in [0.5, 0.6) is 0 Å². The van der Waals surface area contributed by atoms with Gasteiger partial charge in [-0.3, -0.25) is 4.90 Å². The normalized spacial score (nSPS) is 12.8. The maximum atomic E-state index is 9.47. The molecule has 2 aromatic rings. The molecule has 0 spiro atoms. The summed E-state index contributed by atoms with van der Waals surface area (Å²) in [6.45, 7) is 6.79. The topological polar surface area (TPSA) is 41.3 Å². The lowest BCUT2D eigenvalue weighted by Crippen LogP contribution is -2.35. The molecule has 1 atom stereocenters. The quantitative estimate of drug-likeness (QED) is 0.841. The number of aromatic nitrogens is 2. The first-order chi connectivity index (χ1) is 9.74. The summed E-state index contributed by atoms with van der Waals surface area (Å²) in [5, 5.41) is 9.47. The number of aryl methyl sites for hydroxylation is 1. The SMILES string of the molecule is CCn1ccnc1CN(Cc1ccccc1)[C@H](C)CO. The molecule has 4 nitrogen and oxygen atoms in total. The van der Waals surface area contributed by atoms with Crippen molar-refractivity contribution in [2.75, 3.05) is 6.61 Å². The van der Waals surface area contributed by atoms with Crippen LogP contribution in [0.4, 0.5) is 0 Å².